The SMILES string of the molecule is C[C@H]1C[C@@H]1C(=O)N1CCN(Cc2nc3sc4c(c3c(=O)[nH]2)CCCC4)CC1. The van der Waals surface area contributed by atoms with Crippen molar-refractivity contribution in [1.82, 2.24) is 19.8 Å². The summed E-state index contributed by atoms with van der Waals surface area (Å²) in [6.45, 7) is 6.05. The standard InChI is InChI=1S/C20H26N4O2S/c1-12-10-14(12)20(26)24-8-6-23(7-9-24)11-16-21-18(25)17-13-4-2-3-5-15(13)27-19(17)22-16/h12,14H,2-11H2,1H3,(H,21,22,25)/t12-,14-/m0/s1. The van der Waals surface area contributed by atoms with E-state index in [0.29, 0.717) is 18.4 Å². The zero-order valence-corrected chi connectivity index (χ0v) is 16.6. The fraction of sp³-hybridized carbons (Fsp3) is 0.650. The molecule has 2 aliphatic carbocycles. The third kappa shape index (κ3) is 3.21. The van der Waals surface area contributed by atoms with Crippen LogP contribution in [0.3, 0.4) is 0 Å². The first-order chi connectivity index (χ1) is 13.1. The minimum atomic E-state index is 0.0194. The van der Waals surface area contributed by atoms with E-state index >= 15 is 0 Å². The summed E-state index contributed by atoms with van der Waals surface area (Å²) >= 11 is 1.70. The fourth-order valence-corrected chi connectivity index (χ4v) is 5.80. The highest BCUT2D eigenvalue weighted by molar-refractivity contribution is 7.18. The third-order valence-corrected chi connectivity index (χ3v) is 7.54. The number of amides is 1. The Bertz CT molecular complexity index is 941. The van der Waals surface area contributed by atoms with Gasteiger partial charge < -0.3 is 9.88 Å². The van der Waals surface area contributed by atoms with Gasteiger partial charge in [0.25, 0.3) is 5.56 Å². The van der Waals surface area contributed by atoms with Crippen molar-refractivity contribution in [1.29, 1.82) is 0 Å². The Balaban J connectivity index is 1.28. The lowest BCUT2D eigenvalue weighted by Gasteiger charge is -2.34. The molecule has 2 aromatic rings. The molecule has 3 aliphatic rings. The lowest BCUT2D eigenvalue weighted by molar-refractivity contribution is -0.134. The van der Waals surface area contributed by atoms with E-state index in [1.54, 1.807) is 11.3 Å². The Kier molecular flexibility index (Phi) is 4.31. The number of hydrogen-bond acceptors (Lipinski definition) is 5. The first-order valence-electron chi connectivity index (χ1n) is 10.1. The molecule has 5 rings (SSSR count). The van der Waals surface area contributed by atoms with Gasteiger partial charge in [0.15, 0.2) is 0 Å². The summed E-state index contributed by atoms with van der Waals surface area (Å²) in [5, 5.41) is 0.826. The number of carbonyl (C=O) groups is 1. The number of hydrogen-bond donors (Lipinski definition) is 1. The van der Waals surface area contributed by atoms with Gasteiger partial charge in [-0.25, -0.2) is 4.98 Å². The number of aryl methyl sites for hydroxylation is 2. The van der Waals surface area contributed by atoms with Crippen LogP contribution in [0.4, 0.5) is 0 Å². The Morgan fingerprint density at radius 2 is 1.96 bits per heavy atom. The number of carbonyl (C=O) groups excluding carboxylic acids is 1. The van der Waals surface area contributed by atoms with Gasteiger partial charge in [-0.15, -0.1) is 11.3 Å². The van der Waals surface area contributed by atoms with E-state index in [2.05, 4.69) is 16.8 Å². The highest BCUT2D eigenvalue weighted by atomic mass is 32.1. The lowest BCUT2D eigenvalue weighted by atomic mass is 9.97. The van der Waals surface area contributed by atoms with Crippen LogP contribution in [0.1, 0.15) is 42.5 Å². The smallest absolute Gasteiger partial charge is 0.259 e. The number of nitrogens with zero attached hydrogens (tertiary/aromatic N) is 3. The molecule has 27 heavy (non-hydrogen) atoms. The first-order valence-corrected chi connectivity index (χ1v) is 11.0. The minimum Gasteiger partial charge on any atom is -0.340 e. The Labute approximate surface area is 162 Å². The Hall–Kier alpha value is -1.73. The molecule has 0 bridgehead atoms. The molecule has 0 unspecified atom stereocenters. The van der Waals surface area contributed by atoms with Crippen molar-refractivity contribution in [3.8, 4) is 0 Å². The Morgan fingerprint density at radius 3 is 2.70 bits per heavy atom. The second kappa shape index (κ2) is 6.71. The van der Waals surface area contributed by atoms with Crippen LogP contribution in [0.15, 0.2) is 4.79 Å². The molecule has 1 saturated carbocycles. The summed E-state index contributed by atoms with van der Waals surface area (Å²) in [5.41, 5.74) is 1.26. The highest BCUT2D eigenvalue weighted by Gasteiger charge is 2.41. The molecule has 1 saturated heterocycles. The second-order valence-electron chi connectivity index (χ2n) is 8.32. The van der Waals surface area contributed by atoms with Gasteiger partial charge in [-0.05, 0) is 43.6 Å². The van der Waals surface area contributed by atoms with Gasteiger partial charge in [-0.2, -0.15) is 0 Å². The van der Waals surface area contributed by atoms with Gasteiger partial charge in [0.1, 0.15) is 10.7 Å². The summed E-state index contributed by atoms with van der Waals surface area (Å²) < 4.78 is 0. The van der Waals surface area contributed by atoms with E-state index < -0.39 is 0 Å². The zero-order chi connectivity index (χ0) is 18.5. The van der Waals surface area contributed by atoms with Crippen molar-refractivity contribution < 1.29 is 4.79 Å². The molecule has 2 atom stereocenters. The summed E-state index contributed by atoms with van der Waals surface area (Å²) in [5.74, 6) is 1.91. The summed E-state index contributed by atoms with van der Waals surface area (Å²) in [6.07, 6.45) is 5.53. The van der Waals surface area contributed by atoms with Crippen molar-refractivity contribution in [2.75, 3.05) is 26.2 Å². The van der Waals surface area contributed by atoms with Gasteiger partial charge in [0, 0.05) is 37.0 Å². The third-order valence-electron chi connectivity index (χ3n) is 6.36. The maximum Gasteiger partial charge on any atom is 0.259 e. The number of aromatic nitrogens is 2. The van der Waals surface area contributed by atoms with Crippen LogP contribution in [-0.4, -0.2) is 51.9 Å². The predicted molar refractivity (Wildman–Crippen MR) is 106 cm³/mol. The molecule has 2 aromatic heterocycles. The van der Waals surface area contributed by atoms with E-state index in [0.717, 1.165) is 61.5 Å². The number of piperazine rings is 1. The average molecular weight is 387 g/mol. The maximum absolute atomic E-state index is 12.7. The molecule has 3 heterocycles. The van der Waals surface area contributed by atoms with Gasteiger partial charge >= 0.3 is 0 Å². The van der Waals surface area contributed by atoms with Crippen LogP contribution in [0, 0.1) is 11.8 Å². The van der Waals surface area contributed by atoms with Gasteiger partial charge in [0.2, 0.25) is 5.91 Å². The zero-order valence-electron chi connectivity index (χ0n) is 15.8. The van der Waals surface area contributed by atoms with Crippen molar-refractivity contribution in [3.05, 3.63) is 26.6 Å². The van der Waals surface area contributed by atoms with E-state index in [-0.39, 0.29) is 11.5 Å². The maximum atomic E-state index is 12.7. The van der Waals surface area contributed by atoms with Crippen molar-refractivity contribution in [3.63, 3.8) is 0 Å². The quantitative estimate of drug-likeness (QED) is 0.878. The number of aromatic amines is 1. The largest absolute Gasteiger partial charge is 0.340 e. The van der Waals surface area contributed by atoms with Crippen molar-refractivity contribution in [2.45, 2.75) is 45.6 Å². The molecule has 6 nitrogen and oxygen atoms in total. The van der Waals surface area contributed by atoms with E-state index in [9.17, 15) is 9.59 Å². The average Bonchev–Trinajstić information content (AvgIpc) is 3.27. The molecule has 2 fully saturated rings. The number of thiophene rings is 1. The van der Waals surface area contributed by atoms with Crippen LogP contribution in [0.25, 0.3) is 10.2 Å². The number of fused-ring (bicyclic) bond motifs is 3. The molecule has 1 N–H and O–H groups in total. The van der Waals surface area contributed by atoms with Gasteiger partial charge in [0.05, 0.1) is 11.9 Å². The van der Waals surface area contributed by atoms with Crippen molar-refractivity contribution >= 4 is 27.5 Å². The van der Waals surface area contributed by atoms with Gasteiger partial charge in [-0.3, -0.25) is 14.5 Å². The topological polar surface area (TPSA) is 69.3 Å². The summed E-state index contributed by atoms with van der Waals surface area (Å²) in [7, 11) is 0. The van der Waals surface area contributed by atoms with E-state index in [1.165, 1.54) is 23.3 Å². The van der Waals surface area contributed by atoms with Crippen LogP contribution in [-0.2, 0) is 24.2 Å². The molecule has 1 aliphatic heterocycles. The molecule has 144 valence electrons. The lowest BCUT2D eigenvalue weighted by Crippen LogP contribution is -2.49. The normalized spacial score (nSPS) is 25.6. The van der Waals surface area contributed by atoms with Crippen LogP contribution >= 0.6 is 11.3 Å². The number of nitrogens with one attached hydrogen (secondary N) is 1. The number of rotatable bonds is 3. The van der Waals surface area contributed by atoms with Crippen LogP contribution < -0.4 is 5.56 Å². The molecule has 7 heteroatoms. The molecule has 0 radical (unpaired) electrons. The van der Waals surface area contributed by atoms with E-state index in [4.69, 9.17) is 4.98 Å². The summed E-state index contributed by atoms with van der Waals surface area (Å²) in [6, 6.07) is 0. The predicted octanol–water partition coefficient (Wildman–Crippen LogP) is 2.16. The molecular weight excluding hydrogens is 360 g/mol. The second-order valence-corrected chi connectivity index (χ2v) is 9.41. The highest BCUT2D eigenvalue weighted by Crippen LogP contribution is 2.39. The molecule has 0 spiro atoms. The van der Waals surface area contributed by atoms with Crippen LogP contribution in [0.5, 0.6) is 0 Å². The first kappa shape index (κ1) is 17.4. The van der Waals surface area contributed by atoms with Crippen LogP contribution in [0.2, 0.25) is 0 Å². The Morgan fingerprint density at radius 1 is 1.22 bits per heavy atom. The molecule has 0 aromatic carbocycles. The van der Waals surface area contributed by atoms with Crippen molar-refractivity contribution in [2.24, 2.45) is 11.8 Å². The number of H-pyrrole nitrogens is 1. The van der Waals surface area contributed by atoms with E-state index in [1.807, 2.05) is 4.90 Å². The summed E-state index contributed by atoms with van der Waals surface area (Å²) in [4.78, 5) is 39.4. The fourth-order valence-electron chi connectivity index (χ4n) is 4.52. The van der Waals surface area contributed by atoms with Gasteiger partial charge in [-0.1, -0.05) is 6.92 Å². The molecule has 1 amide bonds. The molecular formula is C20H26N4O2S. The minimum absolute atomic E-state index is 0.0194. The monoisotopic (exact) mass is 386 g/mol.